The van der Waals surface area contributed by atoms with Crippen LogP contribution in [0.5, 0.6) is 0 Å². The van der Waals surface area contributed by atoms with Crippen molar-refractivity contribution in [1.29, 1.82) is 0 Å². The van der Waals surface area contributed by atoms with Gasteiger partial charge in [0.2, 0.25) is 5.91 Å². The summed E-state index contributed by atoms with van der Waals surface area (Å²) in [5.74, 6) is -0.624. The van der Waals surface area contributed by atoms with Crippen molar-refractivity contribution in [3.8, 4) is 11.3 Å². The molecule has 0 aliphatic carbocycles. The summed E-state index contributed by atoms with van der Waals surface area (Å²) >= 11 is 0. The minimum atomic E-state index is -0.374. The highest BCUT2D eigenvalue weighted by atomic mass is 19.1. The van der Waals surface area contributed by atoms with Crippen LogP contribution in [0.25, 0.3) is 11.3 Å². The second-order valence-corrected chi connectivity index (χ2v) is 5.31. The third kappa shape index (κ3) is 4.01. The highest BCUT2D eigenvalue weighted by Crippen LogP contribution is 2.16. The minimum Gasteiger partial charge on any atom is -0.350 e. The maximum absolute atomic E-state index is 13.6. The molecule has 0 atom stereocenters. The Hall–Kier alpha value is -3.08. The molecule has 3 rings (SSSR count). The lowest BCUT2D eigenvalue weighted by Crippen LogP contribution is -2.25. The molecule has 0 bridgehead atoms. The fraction of sp³-hybridized carbons (Fsp3) is 0.105. The zero-order chi connectivity index (χ0) is 16.8. The predicted molar refractivity (Wildman–Crippen MR) is 89.4 cm³/mol. The highest BCUT2D eigenvalue weighted by Gasteiger charge is 2.08. The number of carbonyl (C=O) groups excluding carboxylic acids is 1. The molecule has 0 spiro atoms. The van der Waals surface area contributed by atoms with E-state index in [2.05, 4.69) is 15.3 Å². The number of halogens is 1. The molecule has 0 radical (unpaired) electrons. The van der Waals surface area contributed by atoms with Crippen molar-refractivity contribution in [2.24, 2.45) is 0 Å². The molecule has 2 aromatic carbocycles. The molecule has 0 aliphatic heterocycles. The van der Waals surface area contributed by atoms with Gasteiger partial charge in [0.1, 0.15) is 12.1 Å². The highest BCUT2D eigenvalue weighted by molar-refractivity contribution is 5.78. The van der Waals surface area contributed by atoms with Crippen LogP contribution in [-0.2, 0) is 17.8 Å². The molecule has 120 valence electrons. The van der Waals surface area contributed by atoms with Crippen LogP contribution in [0.1, 0.15) is 11.3 Å². The van der Waals surface area contributed by atoms with Crippen LogP contribution in [0.4, 0.5) is 4.39 Å². The first-order valence-corrected chi connectivity index (χ1v) is 7.59. The van der Waals surface area contributed by atoms with Crippen molar-refractivity contribution < 1.29 is 9.18 Å². The topological polar surface area (TPSA) is 54.9 Å². The Labute approximate surface area is 139 Å². The molecule has 1 amide bonds. The average molecular weight is 321 g/mol. The molecule has 4 nitrogen and oxygen atoms in total. The second-order valence-electron chi connectivity index (χ2n) is 5.31. The number of rotatable bonds is 5. The first-order valence-electron chi connectivity index (χ1n) is 7.59. The number of benzene rings is 2. The van der Waals surface area contributed by atoms with Crippen LogP contribution >= 0.6 is 0 Å². The minimum absolute atomic E-state index is 0.00327. The van der Waals surface area contributed by atoms with Crippen LogP contribution in [0.3, 0.4) is 0 Å². The van der Waals surface area contributed by atoms with Crippen molar-refractivity contribution >= 4 is 5.91 Å². The lowest BCUT2D eigenvalue weighted by molar-refractivity contribution is -0.120. The summed E-state index contributed by atoms with van der Waals surface area (Å²) in [7, 11) is 0. The van der Waals surface area contributed by atoms with Gasteiger partial charge >= 0.3 is 0 Å². The molecule has 0 saturated carbocycles. The van der Waals surface area contributed by atoms with E-state index in [9.17, 15) is 9.18 Å². The second kappa shape index (κ2) is 7.46. The third-order valence-corrected chi connectivity index (χ3v) is 3.57. The van der Waals surface area contributed by atoms with E-state index in [1.165, 1.54) is 12.4 Å². The number of amides is 1. The molecule has 0 fully saturated rings. The van der Waals surface area contributed by atoms with Gasteiger partial charge in [-0.3, -0.25) is 4.79 Å². The zero-order valence-corrected chi connectivity index (χ0v) is 12.9. The van der Waals surface area contributed by atoms with Crippen LogP contribution < -0.4 is 5.32 Å². The Morgan fingerprint density at radius 2 is 1.75 bits per heavy atom. The van der Waals surface area contributed by atoms with Crippen molar-refractivity contribution in [2.75, 3.05) is 0 Å². The monoisotopic (exact) mass is 321 g/mol. The van der Waals surface area contributed by atoms with Gasteiger partial charge in [-0.1, -0.05) is 48.5 Å². The molecule has 0 unspecified atom stereocenters. The zero-order valence-electron chi connectivity index (χ0n) is 12.9. The summed E-state index contributed by atoms with van der Waals surface area (Å²) in [5, 5.41) is 2.76. The van der Waals surface area contributed by atoms with Crippen molar-refractivity contribution in [1.82, 2.24) is 15.3 Å². The van der Waals surface area contributed by atoms with Crippen molar-refractivity contribution in [2.45, 2.75) is 13.0 Å². The first-order chi connectivity index (χ1) is 11.7. The van der Waals surface area contributed by atoms with E-state index in [0.29, 0.717) is 11.3 Å². The maximum atomic E-state index is 13.6. The van der Waals surface area contributed by atoms with Gasteiger partial charge in [0.05, 0.1) is 24.4 Å². The van der Waals surface area contributed by atoms with Crippen LogP contribution in [0, 0.1) is 5.82 Å². The maximum Gasteiger partial charge on any atom is 0.224 e. The molecule has 3 aromatic rings. The number of carbonyl (C=O) groups is 1. The Kier molecular flexibility index (Phi) is 4.91. The Morgan fingerprint density at radius 1 is 1.00 bits per heavy atom. The molecule has 24 heavy (non-hydrogen) atoms. The number of nitrogens with zero attached hydrogens (tertiary/aromatic N) is 2. The number of aromatic nitrogens is 2. The molecule has 0 saturated heterocycles. The van der Waals surface area contributed by atoms with E-state index in [0.717, 1.165) is 11.3 Å². The smallest absolute Gasteiger partial charge is 0.224 e. The summed E-state index contributed by atoms with van der Waals surface area (Å²) in [4.78, 5) is 20.4. The fourth-order valence-electron chi connectivity index (χ4n) is 2.33. The van der Waals surface area contributed by atoms with E-state index in [1.807, 2.05) is 36.4 Å². The standard InChI is InChI=1S/C19H16FN3O/c20-17-9-5-4-8-15(17)10-19(24)21-12-16-11-18(23-13-22-16)14-6-2-1-3-7-14/h1-9,11,13H,10,12H2,(H,21,24). The van der Waals surface area contributed by atoms with Gasteiger partial charge in [-0.25, -0.2) is 14.4 Å². The molecule has 1 heterocycles. The summed E-state index contributed by atoms with van der Waals surface area (Å²) in [6, 6.07) is 17.8. The van der Waals surface area contributed by atoms with Gasteiger partial charge < -0.3 is 5.32 Å². The van der Waals surface area contributed by atoms with Crippen LogP contribution in [0.2, 0.25) is 0 Å². The van der Waals surface area contributed by atoms with E-state index >= 15 is 0 Å². The average Bonchev–Trinajstić information content (AvgIpc) is 2.63. The molecule has 1 N–H and O–H groups in total. The number of hydrogen-bond acceptors (Lipinski definition) is 3. The van der Waals surface area contributed by atoms with Gasteiger partial charge in [-0.05, 0) is 17.7 Å². The molecule has 0 aliphatic rings. The molecular formula is C19H16FN3O. The van der Waals surface area contributed by atoms with Crippen molar-refractivity contribution in [3.05, 3.63) is 84.1 Å². The largest absolute Gasteiger partial charge is 0.350 e. The van der Waals surface area contributed by atoms with E-state index in [1.54, 1.807) is 18.2 Å². The lowest BCUT2D eigenvalue weighted by atomic mass is 10.1. The van der Waals surface area contributed by atoms with Gasteiger partial charge in [0.15, 0.2) is 0 Å². The normalized spacial score (nSPS) is 10.4. The van der Waals surface area contributed by atoms with Crippen molar-refractivity contribution in [3.63, 3.8) is 0 Å². The SMILES string of the molecule is O=C(Cc1ccccc1F)NCc1cc(-c2ccccc2)ncn1. The van der Waals surface area contributed by atoms with E-state index < -0.39 is 0 Å². The van der Waals surface area contributed by atoms with Gasteiger partial charge in [-0.2, -0.15) is 0 Å². The molecule has 5 heteroatoms. The first kappa shape index (κ1) is 15.8. The lowest BCUT2D eigenvalue weighted by Gasteiger charge is -2.07. The predicted octanol–water partition coefficient (Wildman–Crippen LogP) is 3.14. The Balaban J connectivity index is 1.63. The Morgan fingerprint density at radius 3 is 2.54 bits per heavy atom. The fourth-order valence-corrected chi connectivity index (χ4v) is 2.33. The number of hydrogen-bond donors (Lipinski definition) is 1. The van der Waals surface area contributed by atoms with E-state index in [-0.39, 0.29) is 24.7 Å². The van der Waals surface area contributed by atoms with Crippen LogP contribution in [-0.4, -0.2) is 15.9 Å². The molecular weight excluding hydrogens is 305 g/mol. The van der Waals surface area contributed by atoms with E-state index in [4.69, 9.17) is 0 Å². The van der Waals surface area contributed by atoms with Crippen LogP contribution in [0.15, 0.2) is 67.0 Å². The summed E-state index contributed by atoms with van der Waals surface area (Å²) in [5.41, 5.74) is 2.86. The van der Waals surface area contributed by atoms with Gasteiger partial charge in [-0.15, -0.1) is 0 Å². The molecule has 1 aromatic heterocycles. The number of nitrogens with one attached hydrogen (secondary N) is 1. The van der Waals surface area contributed by atoms with Gasteiger partial charge in [0.25, 0.3) is 0 Å². The van der Waals surface area contributed by atoms with Gasteiger partial charge in [0, 0.05) is 5.56 Å². The summed E-state index contributed by atoms with van der Waals surface area (Å²) in [6.45, 7) is 0.273. The summed E-state index contributed by atoms with van der Waals surface area (Å²) < 4.78 is 13.6. The summed E-state index contributed by atoms with van der Waals surface area (Å²) in [6.07, 6.45) is 1.48. The Bertz CT molecular complexity index is 837. The quantitative estimate of drug-likeness (QED) is 0.785. The third-order valence-electron chi connectivity index (χ3n) is 3.57.